The Morgan fingerprint density at radius 2 is 2.38 bits per heavy atom. The number of aromatic nitrogens is 1. The van der Waals surface area contributed by atoms with Crippen molar-refractivity contribution in [3.8, 4) is 0 Å². The molecule has 90 valence electrons. The monoisotopic (exact) mass is 304 g/mol. The molecule has 0 aliphatic rings. The lowest BCUT2D eigenvalue weighted by Gasteiger charge is -2.14. The minimum atomic E-state index is 0.149. The van der Waals surface area contributed by atoms with E-state index in [0.717, 1.165) is 28.2 Å². The Bertz CT molecular complexity index is 295. The third-order valence-electron chi connectivity index (χ3n) is 2.04. The topological polar surface area (TPSA) is 45.1 Å². The van der Waals surface area contributed by atoms with Gasteiger partial charge in [-0.05, 0) is 41.0 Å². The van der Waals surface area contributed by atoms with Gasteiger partial charge in [-0.3, -0.25) is 0 Å². The average molecular weight is 305 g/mol. The molecule has 0 amide bonds. The van der Waals surface area contributed by atoms with Gasteiger partial charge in [-0.1, -0.05) is 6.92 Å². The summed E-state index contributed by atoms with van der Waals surface area (Å²) in [5.41, 5.74) is 0. The van der Waals surface area contributed by atoms with Crippen LogP contribution in [0.15, 0.2) is 27.8 Å². The predicted octanol–water partition coefficient (Wildman–Crippen LogP) is 2.30. The van der Waals surface area contributed by atoms with E-state index in [0.29, 0.717) is 0 Å². The number of hydrogen-bond donors (Lipinski definition) is 2. The summed E-state index contributed by atoms with van der Waals surface area (Å²) in [6, 6.07) is 4.10. The van der Waals surface area contributed by atoms with E-state index >= 15 is 0 Å². The fourth-order valence-electron chi connectivity index (χ4n) is 1.16. The lowest BCUT2D eigenvalue weighted by atomic mass is 10.3. The number of thioether (sulfide) groups is 1. The van der Waals surface area contributed by atoms with Crippen LogP contribution in [0.2, 0.25) is 0 Å². The van der Waals surface area contributed by atoms with Gasteiger partial charge < -0.3 is 10.4 Å². The molecule has 0 saturated carbocycles. The highest BCUT2D eigenvalue weighted by molar-refractivity contribution is 9.10. The second-order valence-electron chi connectivity index (χ2n) is 3.46. The van der Waals surface area contributed by atoms with Gasteiger partial charge in [-0.25, -0.2) is 4.98 Å². The minimum absolute atomic E-state index is 0.149. The third kappa shape index (κ3) is 5.30. The molecule has 0 bridgehead atoms. The Balaban J connectivity index is 2.34. The standard InChI is InChI=1S/C11H17BrN2OS/c1-2-5-13-10(7-15)8-16-11-4-3-9(12)6-14-11/h3-4,6,10,13,15H,2,5,7-8H2,1H3. The van der Waals surface area contributed by atoms with Crippen molar-refractivity contribution in [2.75, 3.05) is 18.9 Å². The molecule has 1 rings (SSSR count). The van der Waals surface area contributed by atoms with E-state index in [4.69, 9.17) is 0 Å². The average Bonchev–Trinajstić information content (AvgIpc) is 2.32. The van der Waals surface area contributed by atoms with Crippen molar-refractivity contribution in [1.82, 2.24) is 10.3 Å². The maximum atomic E-state index is 9.17. The van der Waals surface area contributed by atoms with Crippen LogP contribution in [0.4, 0.5) is 0 Å². The number of pyridine rings is 1. The van der Waals surface area contributed by atoms with Crippen LogP contribution in [0.5, 0.6) is 0 Å². The van der Waals surface area contributed by atoms with E-state index in [2.05, 4.69) is 33.2 Å². The van der Waals surface area contributed by atoms with Gasteiger partial charge >= 0.3 is 0 Å². The first-order valence-corrected chi connectivity index (χ1v) is 7.12. The summed E-state index contributed by atoms with van der Waals surface area (Å²) in [6.07, 6.45) is 2.87. The molecule has 0 saturated heterocycles. The predicted molar refractivity (Wildman–Crippen MR) is 71.8 cm³/mol. The Hall–Kier alpha value is -0.100. The Morgan fingerprint density at radius 3 is 2.94 bits per heavy atom. The summed E-state index contributed by atoms with van der Waals surface area (Å²) < 4.78 is 0.986. The van der Waals surface area contributed by atoms with E-state index in [1.54, 1.807) is 18.0 Å². The number of rotatable bonds is 7. The maximum absolute atomic E-state index is 9.17. The minimum Gasteiger partial charge on any atom is -0.395 e. The highest BCUT2D eigenvalue weighted by atomic mass is 79.9. The van der Waals surface area contributed by atoms with E-state index in [9.17, 15) is 5.11 Å². The molecule has 0 aliphatic heterocycles. The fraction of sp³-hybridized carbons (Fsp3) is 0.545. The number of halogens is 1. The summed E-state index contributed by atoms with van der Waals surface area (Å²) >= 11 is 5.01. The Labute approximate surface area is 109 Å². The van der Waals surface area contributed by atoms with Crippen LogP contribution < -0.4 is 5.32 Å². The number of hydrogen-bond acceptors (Lipinski definition) is 4. The molecule has 1 aromatic rings. The zero-order valence-corrected chi connectivity index (χ0v) is 11.7. The molecule has 3 nitrogen and oxygen atoms in total. The lowest BCUT2D eigenvalue weighted by molar-refractivity contribution is 0.254. The van der Waals surface area contributed by atoms with Crippen LogP contribution >= 0.6 is 27.7 Å². The van der Waals surface area contributed by atoms with Crippen LogP contribution in [0.1, 0.15) is 13.3 Å². The molecule has 0 aromatic carbocycles. The van der Waals surface area contributed by atoms with Gasteiger partial charge in [-0.2, -0.15) is 0 Å². The van der Waals surface area contributed by atoms with Gasteiger partial charge in [0.25, 0.3) is 0 Å². The summed E-state index contributed by atoms with van der Waals surface area (Å²) in [5.74, 6) is 0.838. The zero-order valence-electron chi connectivity index (χ0n) is 9.32. The highest BCUT2D eigenvalue weighted by Crippen LogP contribution is 2.18. The van der Waals surface area contributed by atoms with Gasteiger partial charge in [0, 0.05) is 22.5 Å². The largest absolute Gasteiger partial charge is 0.395 e. The van der Waals surface area contributed by atoms with Gasteiger partial charge in [-0.15, -0.1) is 11.8 Å². The Morgan fingerprint density at radius 1 is 1.56 bits per heavy atom. The summed E-state index contributed by atoms with van der Waals surface area (Å²) in [4.78, 5) is 4.27. The molecule has 1 atom stereocenters. The molecule has 1 unspecified atom stereocenters. The number of aliphatic hydroxyl groups is 1. The lowest BCUT2D eigenvalue weighted by Crippen LogP contribution is -2.35. The summed E-state index contributed by atoms with van der Waals surface area (Å²) in [6.45, 7) is 3.23. The van der Waals surface area contributed by atoms with Gasteiger partial charge in [0.05, 0.1) is 11.6 Å². The van der Waals surface area contributed by atoms with Crippen molar-refractivity contribution in [1.29, 1.82) is 0 Å². The SMILES string of the molecule is CCCNC(CO)CSc1ccc(Br)cn1. The van der Waals surface area contributed by atoms with E-state index in [1.807, 2.05) is 12.1 Å². The molecule has 16 heavy (non-hydrogen) atoms. The van der Waals surface area contributed by atoms with Crippen molar-refractivity contribution < 1.29 is 5.11 Å². The van der Waals surface area contributed by atoms with Crippen LogP contribution in [0, 0.1) is 0 Å². The molecular formula is C11H17BrN2OS. The second-order valence-corrected chi connectivity index (χ2v) is 5.42. The second kappa shape index (κ2) is 8.06. The first kappa shape index (κ1) is 14.0. The number of nitrogens with zero attached hydrogens (tertiary/aromatic N) is 1. The van der Waals surface area contributed by atoms with E-state index in [-0.39, 0.29) is 12.6 Å². The third-order valence-corrected chi connectivity index (χ3v) is 3.61. The quantitative estimate of drug-likeness (QED) is 0.759. The van der Waals surface area contributed by atoms with Crippen molar-refractivity contribution in [3.05, 3.63) is 22.8 Å². The van der Waals surface area contributed by atoms with Crippen molar-refractivity contribution >= 4 is 27.7 Å². The van der Waals surface area contributed by atoms with Crippen molar-refractivity contribution in [2.24, 2.45) is 0 Å². The van der Waals surface area contributed by atoms with E-state index in [1.165, 1.54) is 0 Å². The van der Waals surface area contributed by atoms with Crippen LogP contribution in [0.25, 0.3) is 0 Å². The smallest absolute Gasteiger partial charge is 0.0961 e. The van der Waals surface area contributed by atoms with Gasteiger partial charge in [0.15, 0.2) is 0 Å². The number of nitrogens with one attached hydrogen (secondary N) is 1. The highest BCUT2D eigenvalue weighted by Gasteiger charge is 2.07. The molecule has 0 aliphatic carbocycles. The molecular weight excluding hydrogens is 288 g/mol. The van der Waals surface area contributed by atoms with Crippen LogP contribution in [-0.4, -0.2) is 35.0 Å². The molecule has 5 heteroatoms. The number of aliphatic hydroxyl groups excluding tert-OH is 1. The molecule has 2 N–H and O–H groups in total. The molecule has 0 fully saturated rings. The maximum Gasteiger partial charge on any atom is 0.0961 e. The van der Waals surface area contributed by atoms with Gasteiger partial charge in [0.2, 0.25) is 0 Å². The summed E-state index contributed by atoms with van der Waals surface area (Å²) in [7, 11) is 0. The molecule has 1 heterocycles. The summed E-state index contributed by atoms with van der Waals surface area (Å²) in [5, 5.41) is 13.4. The van der Waals surface area contributed by atoms with Crippen LogP contribution in [0.3, 0.4) is 0 Å². The first-order chi connectivity index (χ1) is 7.76. The molecule has 0 spiro atoms. The Kier molecular flexibility index (Phi) is 7.03. The van der Waals surface area contributed by atoms with Crippen molar-refractivity contribution in [3.63, 3.8) is 0 Å². The molecule has 1 aromatic heterocycles. The fourth-order valence-corrected chi connectivity index (χ4v) is 2.28. The molecule has 0 radical (unpaired) electrons. The van der Waals surface area contributed by atoms with Crippen molar-refractivity contribution in [2.45, 2.75) is 24.4 Å². The normalized spacial score (nSPS) is 12.7. The van der Waals surface area contributed by atoms with Gasteiger partial charge in [0.1, 0.15) is 0 Å². The van der Waals surface area contributed by atoms with E-state index < -0.39 is 0 Å². The zero-order chi connectivity index (χ0) is 11.8. The van der Waals surface area contributed by atoms with Crippen LogP contribution in [-0.2, 0) is 0 Å². The first-order valence-electron chi connectivity index (χ1n) is 5.35.